The van der Waals surface area contributed by atoms with Gasteiger partial charge in [-0.05, 0) is 81.2 Å². The van der Waals surface area contributed by atoms with E-state index < -0.39 is 0 Å². The van der Waals surface area contributed by atoms with Crippen molar-refractivity contribution in [3.63, 3.8) is 0 Å². The maximum absolute atomic E-state index is 5.29. The number of nitrogens with zero attached hydrogens (tertiary/aromatic N) is 2. The number of nitrogens with one attached hydrogen (secondary N) is 1. The molecule has 10 aromatic rings. The highest BCUT2D eigenvalue weighted by atomic mass is 32.1. The molecule has 1 aliphatic rings. The van der Waals surface area contributed by atoms with Crippen LogP contribution < -0.4 is 5.32 Å². The van der Waals surface area contributed by atoms with Gasteiger partial charge in [0.25, 0.3) is 0 Å². The zero-order chi connectivity index (χ0) is 34.2. The first-order valence-electron chi connectivity index (χ1n) is 17.7. The monoisotopic (exact) mass is 681 g/mol. The third-order valence-corrected chi connectivity index (χ3v) is 11.8. The Morgan fingerprint density at radius 2 is 1.13 bits per heavy atom. The third kappa shape index (κ3) is 4.55. The van der Waals surface area contributed by atoms with E-state index in [-0.39, 0.29) is 6.04 Å². The number of fused-ring (bicyclic) bond motifs is 10. The first kappa shape index (κ1) is 29.3. The second-order valence-electron chi connectivity index (χ2n) is 13.6. The van der Waals surface area contributed by atoms with E-state index in [1.165, 1.54) is 69.1 Å². The van der Waals surface area contributed by atoms with E-state index in [1.54, 1.807) is 0 Å². The van der Waals surface area contributed by atoms with E-state index in [4.69, 9.17) is 4.99 Å². The van der Waals surface area contributed by atoms with Crippen LogP contribution in [-0.4, -0.2) is 10.4 Å². The number of aromatic nitrogens is 1. The summed E-state index contributed by atoms with van der Waals surface area (Å²) in [7, 11) is 0. The van der Waals surface area contributed by atoms with Gasteiger partial charge in [0, 0.05) is 42.2 Å². The summed E-state index contributed by atoms with van der Waals surface area (Å²) in [5.74, 6) is 0.861. The molecule has 244 valence electrons. The molecule has 0 aliphatic carbocycles. The van der Waals surface area contributed by atoms with Crippen LogP contribution in [0.25, 0.3) is 74.9 Å². The van der Waals surface area contributed by atoms with Gasteiger partial charge >= 0.3 is 0 Å². The zero-order valence-electron chi connectivity index (χ0n) is 28.1. The highest BCUT2D eigenvalue weighted by Gasteiger charge is 2.22. The van der Waals surface area contributed by atoms with Crippen molar-refractivity contribution in [3.8, 4) is 5.69 Å². The van der Waals surface area contributed by atoms with Crippen LogP contribution in [0.2, 0.25) is 0 Å². The number of thiophene rings is 1. The molecule has 0 radical (unpaired) electrons. The molecule has 11 rings (SSSR count). The Kier molecular flexibility index (Phi) is 6.48. The van der Waals surface area contributed by atoms with Gasteiger partial charge in [-0.3, -0.25) is 0 Å². The quantitative estimate of drug-likeness (QED) is 0.197. The number of amidine groups is 1. The summed E-state index contributed by atoms with van der Waals surface area (Å²) in [6, 6.07) is 61.5. The van der Waals surface area contributed by atoms with Crippen molar-refractivity contribution in [2.24, 2.45) is 4.99 Å². The molecule has 0 spiro atoms. The molecule has 1 atom stereocenters. The molecule has 1 aliphatic heterocycles. The second kappa shape index (κ2) is 11.5. The van der Waals surface area contributed by atoms with E-state index >= 15 is 0 Å². The minimum absolute atomic E-state index is 0.0552. The Morgan fingerprint density at radius 3 is 1.88 bits per heavy atom. The predicted octanol–water partition coefficient (Wildman–Crippen LogP) is 12.6. The lowest BCUT2D eigenvalue weighted by Gasteiger charge is -2.25. The lowest BCUT2D eigenvalue weighted by Crippen LogP contribution is -2.31. The highest BCUT2D eigenvalue weighted by Crippen LogP contribution is 2.41. The lowest BCUT2D eigenvalue weighted by atomic mass is 9.98. The van der Waals surface area contributed by atoms with Crippen LogP contribution in [0.1, 0.15) is 22.7 Å². The molecule has 0 bridgehead atoms. The largest absolute Gasteiger partial charge is 0.359 e. The van der Waals surface area contributed by atoms with Crippen LogP contribution in [0.15, 0.2) is 181 Å². The smallest absolute Gasteiger partial charge is 0.134 e. The van der Waals surface area contributed by atoms with Crippen LogP contribution in [0.3, 0.4) is 0 Å². The van der Waals surface area contributed by atoms with Gasteiger partial charge in [0.15, 0.2) is 0 Å². The van der Waals surface area contributed by atoms with Crippen molar-refractivity contribution in [1.29, 1.82) is 0 Å². The highest BCUT2D eigenvalue weighted by molar-refractivity contribution is 7.25. The van der Waals surface area contributed by atoms with Crippen molar-refractivity contribution in [1.82, 2.24) is 9.88 Å². The Labute approximate surface area is 304 Å². The first-order chi connectivity index (χ1) is 25.8. The minimum atomic E-state index is -0.0552. The molecule has 0 fully saturated rings. The topological polar surface area (TPSA) is 29.3 Å². The van der Waals surface area contributed by atoms with Crippen LogP contribution in [0, 0.1) is 0 Å². The third-order valence-electron chi connectivity index (χ3n) is 10.6. The number of aliphatic imine (C=N–C) groups is 1. The fraction of sp³-hybridized carbons (Fsp3) is 0.0208. The summed E-state index contributed by atoms with van der Waals surface area (Å²) in [5, 5.41) is 14.1. The van der Waals surface area contributed by atoms with Gasteiger partial charge in [-0.2, -0.15) is 0 Å². The van der Waals surface area contributed by atoms with Gasteiger partial charge in [0.1, 0.15) is 5.84 Å². The van der Waals surface area contributed by atoms with Crippen molar-refractivity contribution in [3.05, 3.63) is 193 Å². The summed E-state index contributed by atoms with van der Waals surface area (Å²) in [6.07, 6.45) is 2.27. The van der Waals surface area contributed by atoms with Crippen molar-refractivity contribution < 1.29 is 0 Å². The molecule has 1 N–H and O–H groups in total. The van der Waals surface area contributed by atoms with Crippen LogP contribution in [0.4, 0.5) is 0 Å². The summed E-state index contributed by atoms with van der Waals surface area (Å²) in [4.78, 5) is 5.29. The molecule has 0 saturated heterocycles. The van der Waals surface area contributed by atoms with Crippen LogP contribution in [-0.2, 0) is 0 Å². The molecule has 0 saturated carbocycles. The maximum atomic E-state index is 5.29. The molecule has 3 nitrogen and oxygen atoms in total. The van der Waals surface area contributed by atoms with Crippen LogP contribution in [0.5, 0.6) is 0 Å². The van der Waals surface area contributed by atoms with Gasteiger partial charge in [0.05, 0.1) is 22.8 Å². The fourth-order valence-electron chi connectivity index (χ4n) is 8.19. The van der Waals surface area contributed by atoms with Gasteiger partial charge in [-0.15, -0.1) is 11.3 Å². The Morgan fingerprint density at radius 1 is 0.500 bits per heavy atom. The lowest BCUT2D eigenvalue weighted by molar-refractivity contribution is 0.782. The van der Waals surface area contributed by atoms with Crippen molar-refractivity contribution in [2.75, 3.05) is 0 Å². The number of benzene rings is 8. The first-order valence-corrected chi connectivity index (χ1v) is 18.6. The van der Waals surface area contributed by atoms with E-state index in [9.17, 15) is 0 Å². The number of hydrogen-bond acceptors (Lipinski definition) is 3. The predicted molar refractivity (Wildman–Crippen MR) is 222 cm³/mol. The van der Waals surface area contributed by atoms with E-state index in [2.05, 4.69) is 186 Å². The normalized spacial score (nSPS) is 14.7. The summed E-state index contributed by atoms with van der Waals surface area (Å²) in [5.41, 5.74) is 7.82. The Hall–Kier alpha value is -6.49. The minimum Gasteiger partial charge on any atom is -0.359 e. The van der Waals surface area contributed by atoms with Gasteiger partial charge in [-0.1, -0.05) is 127 Å². The summed E-state index contributed by atoms with van der Waals surface area (Å²) >= 11 is 1.85. The number of rotatable bonds is 4. The molecule has 2 aromatic heterocycles. The average Bonchev–Trinajstić information content (AvgIpc) is 3.77. The molecule has 52 heavy (non-hydrogen) atoms. The molecule has 0 amide bonds. The maximum Gasteiger partial charge on any atom is 0.134 e. The fourth-order valence-corrected chi connectivity index (χ4v) is 9.28. The molecule has 3 heterocycles. The molecule has 4 heteroatoms. The van der Waals surface area contributed by atoms with Crippen molar-refractivity contribution >= 4 is 86.4 Å². The molecule has 1 unspecified atom stereocenters. The van der Waals surface area contributed by atoms with E-state index in [0.29, 0.717) is 0 Å². The Bertz CT molecular complexity index is 3020. The standard InChI is InChI=1S/C48H31N3S/c1-2-13-32(14-3-1)40-29-41(33-23-26-45-39(28-33)38-19-8-9-20-44(38)52-45)50-48(49-40)34-15-10-16-35(27-34)51-42-24-21-30-11-4-6-17-36(30)46(42)47-37-18-7-5-12-31(37)22-25-43(47)51/h1-29,41H,(H,49,50). The van der Waals surface area contributed by atoms with Gasteiger partial charge < -0.3 is 9.88 Å². The zero-order valence-corrected chi connectivity index (χ0v) is 28.9. The SMILES string of the molecule is C1=C(c2ccccc2)N=C(c2cccc(-n3c4ccc5ccccc5c4c4c5ccccc5ccc43)c2)NC1c1ccc2sc3ccccc3c2c1. The van der Waals surface area contributed by atoms with E-state index in [1.807, 2.05) is 11.3 Å². The summed E-state index contributed by atoms with van der Waals surface area (Å²) < 4.78 is 5.05. The average molecular weight is 682 g/mol. The molecular formula is C48H31N3S. The second-order valence-corrected chi connectivity index (χ2v) is 14.7. The van der Waals surface area contributed by atoms with Crippen molar-refractivity contribution in [2.45, 2.75) is 6.04 Å². The van der Waals surface area contributed by atoms with Crippen LogP contribution >= 0.6 is 11.3 Å². The summed E-state index contributed by atoms with van der Waals surface area (Å²) in [6.45, 7) is 0. The molecule has 8 aromatic carbocycles. The van der Waals surface area contributed by atoms with E-state index in [0.717, 1.165) is 28.3 Å². The van der Waals surface area contributed by atoms with Gasteiger partial charge in [0.2, 0.25) is 0 Å². The number of hydrogen-bond donors (Lipinski definition) is 1. The molecular weight excluding hydrogens is 651 g/mol. The Balaban J connectivity index is 1.09. The van der Waals surface area contributed by atoms with Gasteiger partial charge in [-0.25, -0.2) is 4.99 Å².